The molecule has 4 nitrogen and oxygen atoms in total. The van der Waals surface area contributed by atoms with Crippen LogP contribution in [0.3, 0.4) is 0 Å². The summed E-state index contributed by atoms with van der Waals surface area (Å²) >= 11 is 0. The Morgan fingerprint density at radius 3 is 2.29 bits per heavy atom. The number of halogens is 3. The molecule has 0 spiro atoms. The molecule has 3 N–H and O–H groups in total. The van der Waals surface area contributed by atoms with Gasteiger partial charge in [-0.15, -0.1) is 0 Å². The fourth-order valence-electron chi connectivity index (χ4n) is 1.05. The number of anilines is 2. The fraction of sp³-hybridized carbons (Fsp3) is 0.600. The zero-order chi connectivity index (χ0) is 13.2. The van der Waals surface area contributed by atoms with E-state index < -0.39 is 17.6 Å². The van der Waals surface area contributed by atoms with Crippen molar-refractivity contribution in [3.63, 3.8) is 0 Å². The standard InChI is InChI=1S/C10H15F3N4/c1-5(2)6(3)16-9-15-4-7(8(14)17-9)10(11,12)13/h4-6H,1-3H3,(H3,14,15,16,17). The van der Waals surface area contributed by atoms with Crippen LogP contribution in [0.25, 0.3) is 0 Å². The Kier molecular flexibility index (Phi) is 3.79. The van der Waals surface area contributed by atoms with Crippen LogP contribution in [0.4, 0.5) is 24.9 Å². The lowest BCUT2D eigenvalue weighted by molar-refractivity contribution is -0.137. The molecule has 1 aromatic heterocycles. The first-order chi connectivity index (χ1) is 7.71. The van der Waals surface area contributed by atoms with Gasteiger partial charge in [-0.3, -0.25) is 0 Å². The first-order valence-electron chi connectivity index (χ1n) is 5.18. The van der Waals surface area contributed by atoms with E-state index in [0.717, 1.165) is 0 Å². The van der Waals surface area contributed by atoms with E-state index in [1.165, 1.54) is 0 Å². The zero-order valence-corrected chi connectivity index (χ0v) is 9.84. The Morgan fingerprint density at radius 2 is 1.88 bits per heavy atom. The first-order valence-corrected chi connectivity index (χ1v) is 5.18. The van der Waals surface area contributed by atoms with Crippen molar-refractivity contribution >= 4 is 11.8 Å². The number of rotatable bonds is 3. The summed E-state index contributed by atoms with van der Waals surface area (Å²) in [4.78, 5) is 7.20. The van der Waals surface area contributed by atoms with Crippen molar-refractivity contribution in [3.8, 4) is 0 Å². The monoisotopic (exact) mass is 248 g/mol. The molecule has 0 fully saturated rings. The summed E-state index contributed by atoms with van der Waals surface area (Å²) in [6.07, 6.45) is -3.83. The highest BCUT2D eigenvalue weighted by molar-refractivity contribution is 5.44. The summed E-state index contributed by atoms with van der Waals surface area (Å²) in [5.74, 6) is -0.148. The van der Waals surface area contributed by atoms with E-state index in [9.17, 15) is 13.2 Å². The molecule has 96 valence electrons. The minimum atomic E-state index is -4.52. The Hall–Kier alpha value is -1.53. The lowest BCUT2D eigenvalue weighted by Gasteiger charge is -2.18. The van der Waals surface area contributed by atoms with Crippen LogP contribution in [0.5, 0.6) is 0 Å². The molecule has 0 aliphatic carbocycles. The summed E-state index contributed by atoms with van der Waals surface area (Å²) in [6.45, 7) is 5.85. The quantitative estimate of drug-likeness (QED) is 0.862. The maximum Gasteiger partial charge on any atom is 0.421 e. The average Bonchev–Trinajstić information content (AvgIpc) is 2.15. The number of nitrogens with one attached hydrogen (secondary N) is 1. The average molecular weight is 248 g/mol. The Bertz CT molecular complexity index is 390. The molecule has 0 aromatic carbocycles. The van der Waals surface area contributed by atoms with Crippen molar-refractivity contribution in [1.29, 1.82) is 0 Å². The molecule has 7 heteroatoms. The Labute approximate surface area is 97.4 Å². The van der Waals surface area contributed by atoms with Gasteiger partial charge < -0.3 is 11.1 Å². The van der Waals surface area contributed by atoms with E-state index in [0.29, 0.717) is 12.1 Å². The van der Waals surface area contributed by atoms with E-state index in [-0.39, 0.29) is 12.0 Å². The summed E-state index contributed by atoms with van der Waals surface area (Å²) in [5, 5.41) is 2.89. The van der Waals surface area contributed by atoms with Gasteiger partial charge in [0.25, 0.3) is 0 Å². The third-order valence-corrected chi connectivity index (χ3v) is 2.48. The highest BCUT2D eigenvalue weighted by Crippen LogP contribution is 2.32. The smallest absolute Gasteiger partial charge is 0.383 e. The molecule has 0 aliphatic rings. The van der Waals surface area contributed by atoms with Gasteiger partial charge in [0, 0.05) is 12.2 Å². The predicted octanol–water partition coefficient (Wildman–Crippen LogP) is 2.53. The SMILES string of the molecule is CC(C)C(C)Nc1ncc(C(F)(F)F)c(N)n1. The third kappa shape index (κ3) is 3.47. The lowest BCUT2D eigenvalue weighted by atomic mass is 10.1. The Morgan fingerprint density at radius 1 is 1.29 bits per heavy atom. The van der Waals surface area contributed by atoms with Crippen LogP contribution in [-0.4, -0.2) is 16.0 Å². The first kappa shape index (κ1) is 13.5. The molecular formula is C10H15F3N4. The molecule has 0 saturated carbocycles. The van der Waals surface area contributed by atoms with Crippen molar-refractivity contribution in [1.82, 2.24) is 9.97 Å². The maximum atomic E-state index is 12.4. The van der Waals surface area contributed by atoms with E-state index >= 15 is 0 Å². The molecule has 0 radical (unpaired) electrons. The molecule has 1 heterocycles. The van der Waals surface area contributed by atoms with Crippen LogP contribution in [0, 0.1) is 5.92 Å². The number of alkyl halides is 3. The summed E-state index contributed by atoms with van der Waals surface area (Å²) in [7, 11) is 0. The van der Waals surface area contributed by atoms with Gasteiger partial charge in [0.1, 0.15) is 11.4 Å². The molecule has 1 atom stereocenters. The minimum Gasteiger partial charge on any atom is -0.383 e. The molecule has 17 heavy (non-hydrogen) atoms. The zero-order valence-electron chi connectivity index (χ0n) is 9.84. The van der Waals surface area contributed by atoms with E-state index in [1.807, 2.05) is 20.8 Å². The second-order valence-corrected chi connectivity index (χ2v) is 4.17. The van der Waals surface area contributed by atoms with Gasteiger partial charge in [0.15, 0.2) is 0 Å². The van der Waals surface area contributed by atoms with Gasteiger partial charge in [-0.25, -0.2) is 4.98 Å². The van der Waals surface area contributed by atoms with Crippen molar-refractivity contribution in [2.45, 2.75) is 33.0 Å². The van der Waals surface area contributed by atoms with Crippen LogP contribution >= 0.6 is 0 Å². The van der Waals surface area contributed by atoms with Crippen LogP contribution in [0.15, 0.2) is 6.20 Å². The van der Waals surface area contributed by atoms with Gasteiger partial charge in [-0.2, -0.15) is 18.2 Å². The number of aromatic nitrogens is 2. The molecule has 0 amide bonds. The van der Waals surface area contributed by atoms with Crippen molar-refractivity contribution in [2.75, 3.05) is 11.1 Å². The van der Waals surface area contributed by atoms with Gasteiger partial charge in [-0.05, 0) is 12.8 Å². The van der Waals surface area contributed by atoms with Crippen LogP contribution in [0.1, 0.15) is 26.3 Å². The molecule has 0 saturated heterocycles. The fourth-order valence-corrected chi connectivity index (χ4v) is 1.05. The van der Waals surface area contributed by atoms with Gasteiger partial charge in [-0.1, -0.05) is 13.8 Å². The van der Waals surface area contributed by atoms with Crippen molar-refractivity contribution < 1.29 is 13.2 Å². The molecule has 1 aromatic rings. The predicted molar refractivity (Wildman–Crippen MR) is 59.4 cm³/mol. The third-order valence-electron chi connectivity index (χ3n) is 2.48. The molecule has 1 unspecified atom stereocenters. The van der Waals surface area contributed by atoms with Crippen molar-refractivity contribution in [3.05, 3.63) is 11.8 Å². The Balaban J connectivity index is 2.90. The van der Waals surface area contributed by atoms with Crippen LogP contribution < -0.4 is 11.1 Å². The van der Waals surface area contributed by atoms with Gasteiger partial charge >= 0.3 is 6.18 Å². The highest BCUT2D eigenvalue weighted by atomic mass is 19.4. The molecule has 0 aliphatic heterocycles. The number of nitrogens with zero attached hydrogens (tertiary/aromatic N) is 2. The lowest BCUT2D eigenvalue weighted by Crippen LogP contribution is -2.23. The van der Waals surface area contributed by atoms with Crippen LogP contribution in [0.2, 0.25) is 0 Å². The summed E-state index contributed by atoms with van der Waals surface area (Å²) in [6, 6.07) is 0.0473. The summed E-state index contributed by atoms with van der Waals surface area (Å²) < 4.78 is 37.2. The number of hydrogen-bond acceptors (Lipinski definition) is 4. The van der Waals surface area contributed by atoms with E-state index in [1.54, 1.807) is 0 Å². The molecule has 1 rings (SSSR count). The highest BCUT2D eigenvalue weighted by Gasteiger charge is 2.34. The normalized spacial score (nSPS) is 13.8. The second-order valence-electron chi connectivity index (χ2n) is 4.17. The molecule has 0 bridgehead atoms. The van der Waals surface area contributed by atoms with Crippen molar-refractivity contribution in [2.24, 2.45) is 5.92 Å². The summed E-state index contributed by atoms with van der Waals surface area (Å²) in [5.41, 5.74) is 4.23. The van der Waals surface area contributed by atoms with E-state index in [4.69, 9.17) is 5.73 Å². The number of nitrogens with two attached hydrogens (primary N) is 1. The van der Waals surface area contributed by atoms with Crippen LogP contribution in [-0.2, 0) is 6.18 Å². The second kappa shape index (κ2) is 4.77. The van der Waals surface area contributed by atoms with Gasteiger partial charge in [0.05, 0.1) is 0 Å². The number of hydrogen-bond donors (Lipinski definition) is 2. The van der Waals surface area contributed by atoms with E-state index in [2.05, 4.69) is 15.3 Å². The van der Waals surface area contributed by atoms with Gasteiger partial charge in [0.2, 0.25) is 5.95 Å². The topological polar surface area (TPSA) is 63.8 Å². The molecular weight excluding hydrogens is 233 g/mol. The number of nitrogen functional groups attached to an aromatic ring is 1. The minimum absolute atomic E-state index is 0.0473. The largest absolute Gasteiger partial charge is 0.421 e. The maximum absolute atomic E-state index is 12.4.